The fraction of sp³-hybridized carbons (Fsp3) is 0. The predicted molar refractivity (Wildman–Crippen MR) is 89.7 cm³/mol. The highest BCUT2D eigenvalue weighted by molar-refractivity contribution is 7.21. The summed E-state index contributed by atoms with van der Waals surface area (Å²) in [5.41, 5.74) is -0.634. The Hall–Kier alpha value is -2.51. The third-order valence-electron chi connectivity index (χ3n) is 3.17. The number of hydrogen-bond acceptors (Lipinski definition) is 3. The van der Waals surface area contributed by atoms with E-state index in [0.29, 0.717) is 5.39 Å². The first-order chi connectivity index (χ1) is 11.5. The third kappa shape index (κ3) is 3.08. The molecule has 0 bridgehead atoms. The van der Waals surface area contributed by atoms with Gasteiger partial charge in [0, 0.05) is 10.1 Å². The van der Waals surface area contributed by atoms with Crippen molar-refractivity contribution in [3.8, 4) is 0 Å². The molecule has 4 nitrogen and oxygen atoms in total. The second-order valence-corrected chi connectivity index (χ2v) is 6.18. The normalized spacial score (nSPS) is 10.6. The molecule has 0 fully saturated rings. The standard InChI is InChI=1S/C16H9ClF2N2O2S/c17-12-8-4-1-2-7-11(8)24-14(12)15(22)21-16(23)20-13-9(18)5-3-6-10(13)19/h1-7H,(H2,20,21,22,23). The highest BCUT2D eigenvalue weighted by Crippen LogP contribution is 2.35. The van der Waals surface area contributed by atoms with Crippen LogP contribution in [0.2, 0.25) is 5.02 Å². The highest BCUT2D eigenvalue weighted by Gasteiger charge is 2.20. The van der Waals surface area contributed by atoms with Gasteiger partial charge in [0.25, 0.3) is 5.91 Å². The lowest BCUT2D eigenvalue weighted by Gasteiger charge is -2.08. The van der Waals surface area contributed by atoms with E-state index in [1.54, 1.807) is 24.3 Å². The lowest BCUT2D eigenvalue weighted by molar-refractivity contribution is 0.0971. The summed E-state index contributed by atoms with van der Waals surface area (Å²) in [6.45, 7) is 0. The van der Waals surface area contributed by atoms with Gasteiger partial charge in [-0.25, -0.2) is 13.6 Å². The smallest absolute Gasteiger partial charge is 0.302 e. The van der Waals surface area contributed by atoms with Gasteiger partial charge in [-0.15, -0.1) is 11.3 Å². The van der Waals surface area contributed by atoms with Crippen LogP contribution in [0.15, 0.2) is 42.5 Å². The number of thiophene rings is 1. The molecule has 8 heteroatoms. The molecule has 24 heavy (non-hydrogen) atoms. The van der Waals surface area contributed by atoms with Crippen LogP contribution in [0.25, 0.3) is 10.1 Å². The number of urea groups is 1. The number of fused-ring (bicyclic) bond motifs is 1. The number of nitrogens with one attached hydrogen (secondary N) is 2. The lowest BCUT2D eigenvalue weighted by atomic mass is 10.2. The third-order valence-corrected chi connectivity index (χ3v) is 4.84. The molecular weight excluding hydrogens is 358 g/mol. The second kappa shape index (κ2) is 6.54. The summed E-state index contributed by atoms with van der Waals surface area (Å²) < 4.78 is 27.8. The zero-order valence-electron chi connectivity index (χ0n) is 11.9. The van der Waals surface area contributed by atoms with Gasteiger partial charge < -0.3 is 5.32 Å². The van der Waals surface area contributed by atoms with Gasteiger partial charge >= 0.3 is 6.03 Å². The van der Waals surface area contributed by atoms with Crippen LogP contribution in [-0.2, 0) is 0 Å². The van der Waals surface area contributed by atoms with E-state index in [-0.39, 0.29) is 9.90 Å². The molecule has 0 saturated carbocycles. The van der Waals surface area contributed by atoms with E-state index in [2.05, 4.69) is 0 Å². The van der Waals surface area contributed by atoms with Crippen molar-refractivity contribution in [2.45, 2.75) is 0 Å². The summed E-state index contributed by atoms with van der Waals surface area (Å²) >= 11 is 7.26. The van der Waals surface area contributed by atoms with Crippen LogP contribution in [0.5, 0.6) is 0 Å². The summed E-state index contributed by atoms with van der Waals surface area (Å²) in [5.74, 6) is -2.65. The molecule has 122 valence electrons. The molecule has 0 aliphatic heterocycles. The zero-order chi connectivity index (χ0) is 17.3. The van der Waals surface area contributed by atoms with Crippen molar-refractivity contribution in [1.82, 2.24) is 5.32 Å². The Bertz CT molecular complexity index is 938. The largest absolute Gasteiger partial charge is 0.326 e. The van der Waals surface area contributed by atoms with Gasteiger partial charge in [0.1, 0.15) is 22.2 Å². The molecular formula is C16H9ClF2N2O2S. The van der Waals surface area contributed by atoms with Crippen molar-refractivity contribution in [1.29, 1.82) is 0 Å². The number of imide groups is 1. The SMILES string of the molecule is O=C(NC(=O)c1sc2ccccc2c1Cl)Nc1c(F)cccc1F. The topological polar surface area (TPSA) is 58.2 Å². The predicted octanol–water partition coefficient (Wildman–Crippen LogP) is 4.79. The fourth-order valence-electron chi connectivity index (χ4n) is 2.08. The molecule has 3 rings (SSSR count). The summed E-state index contributed by atoms with van der Waals surface area (Å²) in [7, 11) is 0. The minimum absolute atomic E-state index is 0.141. The average molecular weight is 367 g/mol. The molecule has 0 radical (unpaired) electrons. The van der Waals surface area contributed by atoms with Gasteiger partial charge in [0.2, 0.25) is 0 Å². The molecule has 2 N–H and O–H groups in total. The van der Waals surface area contributed by atoms with E-state index in [9.17, 15) is 18.4 Å². The van der Waals surface area contributed by atoms with E-state index >= 15 is 0 Å². The van der Waals surface area contributed by atoms with E-state index in [1.165, 1.54) is 0 Å². The molecule has 0 aliphatic rings. The van der Waals surface area contributed by atoms with Crippen LogP contribution in [0.4, 0.5) is 19.3 Å². The summed E-state index contributed by atoms with van der Waals surface area (Å²) in [6.07, 6.45) is 0. The zero-order valence-corrected chi connectivity index (χ0v) is 13.5. The van der Waals surface area contributed by atoms with Crippen LogP contribution in [0.3, 0.4) is 0 Å². The molecule has 0 atom stereocenters. The van der Waals surface area contributed by atoms with Crippen LogP contribution < -0.4 is 10.6 Å². The molecule has 0 spiro atoms. The molecule has 0 saturated heterocycles. The summed E-state index contributed by atoms with van der Waals surface area (Å²) in [6, 6.07) is 9.19. The maximum Gasteiger partial charge on any atom is 0.326 e. The lowest BCUT2D eigenvalue weighted by Crippen LogP contribution is -2.34. The Kier molecular flexibility index (Phi) is 4.46. The molecule has 3 aromatic rings. The average Bonchev–Trinajstić information content (AvgIpc) is 2.89. The minimum Gasteiger partial charge on any atom is -0.302 e. The number of carbonyl (C=O) groups is 2. The van der Waals surface area contributed by atoms with Crippen LogP contribution in [-0.4, -0.2) is 11.9 Å². The van der Waals surface area contributed by atoms with Crippen LogP contribution in [0, 0.1) is 11.6 Å². The quantitative estimate of drug-likeness (QED) is 0.684. The first kappa shape index (κ1) is 16.4. The number of halogens is 3. The maximum absolute atomic E-state index is 13.5. The number of amides is 3. The van der Waals surface area contributed by atoms with Crippen LogP contribution >= 0.6 is 22.9 Å². The van der Waals surface area contributed by atoms with Gasteiger partial charge in [0.15, 0.2) is 0 Å². The fourth-order valence-corrected chi connectivity index (χ4v) is 3.49. The van der Waals surface area contributed by atoms with Gasteiger partial charge in [-0.05, 0) is 18.2 Å². The van der Waals surface area contributed by atoms with Crippen LogP contribution in [0.1, 0.15) is 9.67 Å². The monoisotopic (exact) mass is 366 g/mol. The minimum atomic E-state index is -1.06. The molecule has 0 aliphatic carbocycles. The Labute approximate surface area is 144 Å². The van der Waals surface area contributed by atoms with Gasteiger partial charge in [-0.3, -0.25) is 10.1 Å². The van der Waals surface area contributed by atoms with Crippen molar-refractivity contribution in [2.75, 3.05) is 5.32 Å². The molecule has 1 heterocycles. The molecule has 2 aromatic carbocycles. The summed E-state index contributed by atoms with van der Waals surface area (Å²) in [4.78, 5) is 24.1. The van der Waals surface area contributed by atoms with Crippen molar-refractivity contribution < 1.29 is 18.4 Å². The highest BCUT2D eigenvalue weighted by atomic mass is 35.5. The molecule has 0 unspecified atom stereocenters. The first-order valence-corrected chi connectivity index (χ1v) is 7.90. The number of rotatable bonds is 2. The Morgan fingerprint density at radius 2 is 1.67 bits per heavy atom. The molecule has 1 aromatic heterocycles. The van der Waals surface area contributed by atoms with Gasteiger partial charge in [-0.1, -0.05) is 35.9 Å². The summed E-state index contributed by atoms with van der Waals surface area (Å²) in [5, 5.41) is 4.89. The number of hydrogen-bond donors (Lipinski definition) is 2. The number of para-hydroxylation sites is 1. The second-order valence-electron chi connectivity index (χ2n) is 4.75. The number of anilines is 1. The maximum atomic E-state index is 13.5. The first-order valence-electron chi connectivity index (χ1n) is 6.70. The Morgan fingerprint density at radius 3 is 2.33 bits per heavy atom. The van der Waals surface area contributed by atoms with Crippen molar-refractivity contribution in [3.05, 3.63) is 64.0 Å². The van der Waals surface area contributed by atoms with E-state index in [1.807, 2.05) is 10.6 Å². The van der Waals surface area contributed by atoms with Gasteiger partial charge in [-0.2, -0.15) is 0 Å². The van der Waals surface area contributed by atoms with E-state index < -0.39 is 29.3 Å². The molecule has 3 amide bonds. The Balaban J connectivity index is 1.79. The van der Waals surface area contributed by atoms with E-state index in [4.69, 9.17) is 11.6 Å². The number of carbonyl (C=O) groups excluding carboxylic acids is 2. The van der Waals surface area contributed by atoms with Crippen molar-refractivity contribution in [2.24, 2.45) is 0 Å². The Morgan fingerprint density at radius 1 is 1.00 bits per heavy atom. The van der Waals surface area contributed by atoms with E-state index in [0.717, 1.165) is 34.2 Å². The van der Waals surface area contributed by atoms with Gasteiger partial charge in [0.05, 0.1) is 5.02 Å². The van der Waals surface area contributed by atoms with Crippen molar-refractivity contribution >= 4 is 50.6 Å². The number of benzene rings is 2. The van der Waals surface area contributed by atoms with Crippen molar-refractivity contribution in [3.63, 3.8) is 0 Å².